The molecule has 4 rings (SSSR count). The summed E-state index contributed by atoms with van der Waals surface area (Å²) in [6.45, 7) is 0.00349. The molecule has 0 bridgehead atoms. The molecule has 1 unspecified atom stereocenters. The van der Waals surface area contributed by atoms with E-state index in [2.05, 4.69) is 15.0 Å². The van der Waals surface area contributed by atoms with Gasteiger partial charge in [-0.2, -0.15) is 19.0 Å². The first kappa shape index (κ1) is 15.5. The smallest absolute Gasteiger partial charge is 0.385 e. The summed E-state index contributed by atoms with van der Waals surface area (Å²) in [7, 11) is 2.03. The van der Waals surface area contributed by atoms with Crippen molar-refractivity contribution in [3.63, 3.8) is 0 Å². The Kier molecular flexibility index (Phi) is 3.51. The van der Waals surface area contributed by atoms with E-state index in [9.17, 15) is 10.00 Å². The molecule has 0 amide bonds. The lowest BCUT2D eigenvalue weighted by molar-refractivity contribution is -0.0603. The Morgan fingerprint density at radius 1 is 1.48 bits per heavy atom. The quantitative estimate of drug-likeness (QED) is 0.352. The predicted octanol–water partition coefficient (Wildman–Crippen LogP) is -0.426. The Balaban J connectivity index is 1.72. The number of nitrogens with zero attached hydrogens (tertiary/aromatic N) is 4. The van der Waals surface area contributed by atoms with E-state index >= 15 is 0 Å². The zero-order valence-electron chi connectivity index (χ0n) is 11.5. The molecule has 2 aliphatic heterocycles. The topological polar surface area (TPSA) is 138 Å². The van der Waals surface area contributed by atoms with Gasteiger partial charge >= 0.3 is 15.4 Å². The van der Waals surface area contributed by atoms with Crippen LogP contribution in [0, 0.1) is 0 Å². The van der Waals surface area contributed by atoms with Gasteiger partial charge in [0.25, 0.3) is 0 Å². The Bertz CT molecular complexity index is 777. The number of halogens is 1. The van der Waals surface area contributed by atoms with Gasteiger partial charge in [0.15, 0.2) is 23.8 Å². The molecule has 2 aromatic heterocycles. The number of anilines is 1. The molecule has 4 N–H and O–H groups in total. The Labute approximate surface area is 136 Å². The maximum Gasteiger partial charge on any atom is 0.488 e. The number of aromatic nitrogens is 4. The Hall–Kier alpha value is -1.07. The summed E-state index contributed by atoms with van der Waals surface area (Å²) < 4.78 is 17.4. The minimum absolute atomic E-state index is 0.00349. The van der Waals surface area contributed by atoms with Crippen molar-refractivity contribution in [2.45, 2.75) is 24.5 Å². The molecular weight excluding hydrogens is 347 g/mol. The fourth-order valence-electron chi connectivity index (χ4n) is 2.70. The normalized spacial score (nSPS) is 37.2. The summed E-state index contributed by atoms with van der Waals surface area (Å²) >= 11 is 5.82. The van der Waals surface area contributed by atoms with Gasteiger partial charge in [0.05, 0.1) is 6.33 Å². The van der Waals surface area contributed by atoms with Crippen molar-refractivity contribution in [2.75, 3.05) is 12.3 Å². The van der Waals surface area contributed by atoms with Crippen LogP contribution in [0.15, 0.2) is 6.33 Å². The first-order valence-corrected chi connectivity index (χ1v) is 8.60. The molecule has 120 valence electrons. The Morgan fingerprint density at radius 3 is 3.04 bits per heavy atom. The largest absolute Gasteiger partial charge is 0.488 e. The van der Waals surface area contributed by atoms with Crippen LogP contribution in [0.3, 0.4) is 0 Å². The molecule has 0 spiro atoms. The van der Waals surface area contributed by atoms with Gasteiger partial charge in [0.1, 0.15) is 24.3 Å². The number of aliphatic hydroxyl groups excluding tert-OH is 1. The average molecular weight is 358 g/mol. The summed E-state index contributed by atoms with van der Waals surface area (Å²) in [5.41, 5.74) is 6.39. The van der Waals surface area contributed by atoms with Crippen molar-refractivity contribution in [1.29, 1.82) is 0 Å². The number of aliphatic hydroxyl groups is 1. The van der Waals surface area contributed by atoms with Gasteiger partial charge in [0, 0.05) is 0 Å². The van der Waals surface area contributed by atoms with Crippen molar-refractivity contribution in [3.8, 4) is 0 Å². The van der Waals surface area contributed by atoms with E-state index in [1.54, 1.807) is 0 Å². The minimum Gasteiger partial charge on any atom is -0.385 e. The lowest BCUT2D eigenvalue weighted by Crippen LogP contribution is -2.40. The first-order valence-electron chi connectivity index (χ1n) is 6.58. The van der Waals surface area contributed by atoms with Gasteiger partial charge in [-0.05, 0) is 11.6 Å². The molecule has 13 heteroatoms. The summed E-state index contributed by atoms with van der Waals surface area (Å²) in [6.07, 6.45) is -2.01. The number of hydrogen-bond acceptors (Lipinski definition) is 9. The second-order valence-corrected chi connectivity index (χ2v) is 7.12. The molecule has 2 fully saturated rings. The second-order valence-electron chi connectivity index (χ2n) is 5.19. The number of rotatable bonds is 1. The molecule has 2 aromatic rings. The molecule has 2 aliphatic rings. The van der Waals surface area contributed by atoms with E-state index in [0.717, 1.165) is 0 Å². The molecule has 4 heterocycles. The average Bonchev–Trinajstić information content (AvgIpc) is 3.00. The first-order chi connectivity index (χ1) is 10.9. The zero-order chi connectivity index (χ0) is 16.4. The van der Waals surface area contributed by atoms with Crippen molar-refractivity contribution in [3.05, 3.63) is 11.6 Å². The molecule has 10 nitrogen and oxygen atoms in total. The number of hydrogen-bond donors (Lipinski definition) is 3. The molecule has 5 atom stereocenters. The van der Waals surface area contributed by atoms with Crippen LogP contribution in [0.4, 0.5) is 5.82 Å². The fraction of sp³-hybridized carbons (Fsp3) is 0.500. The van der Waals surface area contributed by atoms with Crippen molar-refractivity contribution in [2.24, 2.45) is 0 Å². The van der Waals surface area contributed by atoms with Gasteiger partial charge < -0.3 is 15.6 Å². The van der Waals surface area contributed by atoms with E-state index in [-0.39, 0.29) is 17.7 Å². The summed E-state index contributed by atoms with van der Waals surface area (Å²) in [4.78, 5) is 21.7. The highest BCUT2D eigenvalue weighted by molar-refractivity contribution is 7.85. The summed E-state index contributed by atoms with van der Waals surface area (Å²) in [6, 6.07) is 0. The maximum atomic E-state index is 10.5. The van der Waals surface area contributed by atoms with E-state index in [1.165, 1.54) is 10.9 Å². The maximum absolute atomic E-state index is 10.5. The molecule has 0 aromatic carbocycles. The standard InChI is InChI=1S/C10H11BClN5O5P/c11-23(19)20-1-3-6(22-23)5(18)9(21-3)17-2-14-4-7(13)15-10(12)16-8(4)17/h2-3,5-6,9,18-19H,1H2,(H2,13,15,16)/q+1/t3-,5+,6+,9-,23?/m1/s1. The number of nitrogens with two attached hydrogens (primary N) is 1. The third kappa shape index (κ3) is 2.49. The molecule has 23 heavy (non-hydrogen) atoms. The zero-order valence-corrected chi connectivity index (χ0v) is 13.1. The van der Waals surface area contributed by atoms with E-state index in [0.29, 0.717) is 11.2 Å². The Morgan fingerprint density at radius 2 is 2.26 bits per heavy atom. The van der Waals surface area contributed by atoms with Gasteiger partial charge in [-0.25, -0.2) is 9.88 Å². The highest BCUT2D eigenvalue weighted by Crippen LogP contribution is 2.58. The van der Waals surface area contributed by atoms with Crippen LogP contribution in [0.5, 0.6) is 0 Å². The van der Waals surface area contributed by atoms with E-state index in [1.807, 2.05) is 0 Å². The highest BCUT2D eigenvalue weighted by Gasteiger charge is 2.56. The molecule has 0 aliphatic carbocycles. The van der Waals surface area contributed by atoms with Gasteiger partial charge in [0.2, 0.25) is 5.28 Å². The van der Waals surface area contributed by atoms with E-state index in [4.69, 9.17) is 38.7 Å². The predicted molar refractivity (Wildman–Crippen MR) is 80.4 cm³/mol. The molecule has 2 saturated heterocycles. The van der Waals surface area contributed by atoms with Crippen LogP contribution in [0.1, 0.15) is 6.23 Å². The van der Waals surface area contributed by atoms with Crippen LogP contribution in [-0.2, 0) is 13.8 Å². The third-order valence-electron chi connectivity index (χ3n) is 3.70. The summed E-state index contributed by atoms with van der Waals surface area (Å²) in [5, 5.41) is 10.4. The number of nitrogen functional groups attached to an aromatic ring is 1. The SMILES string of the molecule is [B][P+]1(O)OC[C@H]2O[C@@H](n3cnc4c(N)nc(Cl)nc43)[C@@H](O)[C@H]2O1. The molecular formula is C10H11BClN5O5P+. The fourth-order valence-corrected chi connectivity index (χ4v) is 3.90. The molecule has 2 radical (unpaired) electrons. The number of ether oxygens (including phenoxy) is 1. The second kappa shape index (κ2) is 5.22. The van der Waals surface area contributed by atoms with Gasteiger partial charge in [-0.15, -0.1) is 0 Å². The van der Waals surface area contributed by atoms with Crippen molar-refractivity contribution >= 4 is 44.0 Å². The van der Waals surface area contributed by atoms with Crippen molar-refractivity contribution < 1.29 is 23.8 Å². The highest BCUT2D eigenvalue weighted by atomic mass is 35.5. The summed E-state index contributed by atoms with van der Waals surface area (Å²) in [5.74, 6) is 0.116. The van der Waals surface area contributed by atoms with Crippen LogP contribution >= 0.6 is 19.4 Å². The lowest BCUT2D eigenvalue weighted by atomic mass is 10.1. The van der Waals surface area contributed by atoms with Gasteiger partial charge in [-0.3, -0.25) is 4.57 Å². The molecule has 0 saturated carbocycles. The van der Waals surface area contributed by atoms with Crippen LogP contribution in [0.2, 0.25) is 5.28 Å². The van der Waals surface area contributed by atoms with Crippen molar-refractivity contribution in [1.82, 2.24) is 19.5 Å². The number of imidazole rings is 1. The van der Waals surface area contributed by atoms with Crippen LogP contribution in [0.25, 0.3) is 11.2 Å². The third-order valence-corrected chi connectivity index (χ3v) is 4.93. The van der Waals surface area contributed by atoms with Gasteiger partial charge in [-0.1, -0.05) is 0 Å². The van der Waals surface area contributed by atoms with Crippen LogP contribution < -0.4 is 5.73 Å². The van der Waals surface area contributed by atoms with Crippen LogP contribution in [-0.4, -0.2) is 62.0 Å². The lowest BCUT2D eigenvalue weighted by Gasteiger charge is -2.27. The monoisotopic (exact) mass is 358 g/mol. The number of fused-ring (bicyclic) bond motifs is 2. The van der Waals surface area contributed by atoms with E-state index < -0.39 is 32.4 Å². The minimum atomic E-state index is -3.44.